The van der Waals surface area contributed by atoms with Gasteiger partial charge in [-0.15, -0.1) is 0 Å². The lowest BCUT2D eigenvalue weighted by molar-refractivity contribution is -0.126. The second-order valence-corrected chi connectivity index (χ2v) is 10.2. The van der Waals surface area contributed by atoms with E-state index in [0.717, 1.165) is 16.5 Å². The van der Waals surface area contributed by atoms with Crippen molar-refractivity contribution >= 4 is 38.3 Å². The average molecular weight is 473 g/mol. The third-order valence-electron chi connectivity index (χ3n) is 5.60. The van der Waals surface area contributed by atoms with Crippen molar-refractivity contribution in [2.45, 2.75) is 17.7 Å². The summed E-state index contributed by atoms with van der Waals surface area (Å²) in [6.07, 6.45) is 1.29. The van der Waals surface area contributed by atoms with Crippen LogP contribution in [0.15, 0.2) is 71.6 Å². The summed E-state index contributed by atoms with van der Waals surface area (Å²) in [6, 6.07) is 20.0. The van der Waals surface area contributed by atoms with Crippen LogP contribution in [-0.2, 0) is 14.8 Å². The molecule has 0 spiro atoms. The Labute approximate surface area is 193 Å². The zero-order valence-corrected chi connectivity index (χ0v) is 19.1. The lowest BCUT2D eigenvalue weighted by atomic mass is 9.99. The molecule has 1 heterocycles. The van der Waals surface area contributed by atoms with Gasteiger partial charge in [-0.2, -0.15) is 4.31 Å². The van der Waals surface area contributed by atoms with Gasteiger partial charge in [-0.05, 0) is 60.0 Å². The third kappa shape index (κ3) is 5.23. The van der Waals surface area contributed by atoms with Gasteiger partial charge < -0.3 is 10.1 Å². The third-order valence-corrected chi connectivity index (χ3v) is 7.73. The quantitative estimate of drug-likeness (QED) is 0.525. The number of halogens is 1. The molecule has 0 saturated carbocycles. The predicted octanol–water partition coefficient (Wildman–Crippen LogP) is 4.09. The minimum atomic E-state index is -3.65. The van der Waals surface area contributed by atoms with Gasteiger partial charge in [0.1, 0.15) is 12.4 Å². The highest BCUT2D eigenvalue weighted by molar-refractivity contribution is 7.89. The average Bonchev–Trinajstić information content (AvgIpc) is 2.82. The monoisotopic (exact) mass is 472 g/mol. The molecule has 4 rings (SSSR count). The molecule has 1 N–H and O–H groups in total. The van der Waals surface area contributed by atoms with Crippen molar-refractivity contribution in [3.05, 3.63) is 71.8 Å². The Bertz CT molecular complexity index is 1200. The zero-order valence-electron chi connectivity index (χ0n) is 17.5. The molecule has 3 aromatic carbocycles. The Morgan fingerprint density at radius 3 is 2.59 bits per heavy atom. The van der Waals surface area contributed by atoms with Crippen LogP contribution in [0.1, 0.15) is 12.8 Å². The van der Waals surface area contributed by atoms with Crippen molar-refractivity contribution < 1.29 is 17.9 Å². The molecule has 0 aliphatic carbocycles. The topological polar surface area (TPSA) is 75.7 Å². The highest BCUT2D eigenvalue weighted by atomic mass is 35.5. The van der Waals surface area contributed by atoms with E-state index in [0.29, 0.717) is 37.6 Å². The number of benzene rings is 3. The Morgan fingerprint density at radius 1 is 1.06 bits per heavy atom. The van der Waals surface area contributed by atoms with Gasteiger partial charge >= 0.3 is 0 Å². The molecule has 6 nitrogen and oxygen atoms in total. The van der Waals surface area contributed by atoms with E-state index in [1.807, 2.05) is 42.5 Å². The summed E-state index contributed by atoms with van der Waals surface area (Å²) >= 11 is 5.87. The van der Waals surface area contributed by atoms with Crippen LogP contribution in [-0.4, -0.2) is 44.9 Å². The van der Waals surface area contributed by atoms with Gasteiger partial charge in [-0.3, -0.25) is 4.79 Å². The summed E-state index contributed by atoms with van der Waals surface area (Å²) in [4.78, 5) is 12.8. The van der Waals surface area contributed by atoms with Crippen LogP contribution in [0.25, 0.3) is 10.8 Å². The van der Waals surface area contributed by atoms with E-state index in [9.17, 15) is 13.2 Å². The van der Waals surface area contributed by atoms with Crippen molar-refractivity contribution in [2.24, 2.45) is 5.92 Å². The first-order valence-electron chi connectivity index (χ1n) is 10.6. The predicted molar refractivity (Wildman–Crippen MR) is 125 cm³/mol. The number of hydrogen-bond acceptors (Lipinski definition) is 4. The maximum absolute atomic E-state index is 12.9. The minimum Gasteiger partial charge on any atom is -0.492 e. The number of hydrogen-bond donors (Lipinski definition) is 1. The van der Waals surface area contributed by atoms with E-state index >= 15 is 0 Å². The second kappa shape index (κ2) is 9.90. The second-order valence-electron chi connectivity index (χ2n) is 7.80. The Morgan fingerprint density at radius 2 is 1.81 bits per heavy atom. The summed E-state index contributed by atoms with van der Waals surface area (Å²) in [6.45, 7) is 1.26. The van der Waals surface area contributed by atoms with Gasteiger partial charge in [0, 0.05) is 18.1 Å². The van der Waals surface area contributed by atoms with E-state index in [-0.39, 0.29) is 23.3 Å². The molecule has 1 saturated heterocycles. The first kappa shape index (κ1) is 22.6. The number of carbonyl (C=O) groups is 1. The Balaban J connectivity index is 1.28. The molecule has 0 radical (unpaired) electrons. The SMILES string of the molecule is O=C(NCCOc1ccc2ccccc2c1)[C@@H]1CCCN(S(=O)(=O)c2ccc(Cl)cc2)C1. The van der Waals surface area contributed by atoms with Crippen molar-refractivity contribution in [3.8, 4) is 5.75 Å². The number of fused-ring (bicyclic) bond motifs is 1. The van der Waals surface area contributed by atoms with Crippen LogP contribution < -0.4 is 10.1 Å². The van der Waals surface area contributed by atoms with Gasteiger partial charge in [0.2, 0.25) is 15.9 Å². The standard InChI is InChI=1S/C24H25ClN2O4S/c25-21-8-11-23(12-9-21)32(29,30)27-14-3-6-20(17-27)24(28)26-13-15-31-22-10-7-18-4-1-2-5-19(18)16-22/h1-2,4-5,7-12,16,20H,3,6,13-15,17H2,(H,26,28)/t20-/m1/s1. The summed E-state index contributed by atoms with van der Waals surface area (Å²) in [5.41, 5.74) is 0. The summed E-state index contributed by atoms with van der Waals surface area (Å²) < 4.78 is 33.0. The first-order chi connectivity index (χ1) is 15.4. The number of amides is 1. The molecule has 3 aromatic rings. The highest BCUT2D eigenvalue weighted by Crippen LogP contribution is 2.25. The lowest BCUT2D eigenvalue weighted by Crippen LogP contribution is -2.45. The van der Waals surface area contributed by atoms with Gasteiger partial charge in [-0.1, -0.05) is 41.9 Å². The Kier molecular flexibility index (Phi) is 6.98. The molecule has 0 unspecified atom stereocenters. The normalized spacial score (nSPS) is 17.2. The van der Waals surface area contributed by atoms with E-state index in [4.69, 9.17) is 16.3 Å². The van der Waals surface area contributed by atoms with E-state index in [1.165, 1.54) is 16.4 Å². The fourth-order valence-corrected chi connectivity index (χ4v) is 5.52. The smallest absolute Gasteiger partial charge is 0.243 e. The molecule has 32 heavy (non-hydrogen) atoms. The number of rotatable bonds is 7. The molecule has 1 aliphatic rings. The minimum absolute atomic E-state index is 0.150. The number of piperidine rings is 1. The van der Waals surface area contributed by atoms with Crippen molar-refractivity contribution in [1.82, 2.24) is 9.62 Å². The van der Waals surface area contributed by atoms with E-state index in [2.05, 4.69) is 5.32 Å². The molecule has 0 bridgehead atoms. The van der Waals surface area contributed by atoms with Crippen LogP contribution in [0.3, 0.4) is 0 Å². The number of sulfonamides is 1. The van der Waals surface area contributed by atoms with Crippen molar-refractivity contribution in [1.29, 1.82) is 0 Å². The lowest BCUT2D eigenvalue weighted by Gasteiger charge is -2.31. The molecule has 0 aromatic heterocycles. The van der Waals surface area contributed by atoms with Gasteiger partial charge in [0.05, 0.1) is 17.4 Å². The number of ether oxygens (including phenoxy) is 1. The fourth-order valence-electron chi connectivity index (χ4n) is 3.88. The highest BCUT2D eigenvalue weighted by Gasteiger charge is 2.33. The molecule has 168 valence electrons. The summed E-state index contributed by atoms with van der Waals surface area (Å²) in [5.74, 6) is 0.213. The molecular weight excluding hydrogens is 448 g/mol. The maximum Gasteiger partial charge on any atom is 0.243 e. The van der Waals surface area contributed by atoms with Crippen LogP contribution in [0.4, 0.5) is 0 Å². The molecule has 1 fully saturated rings. The van der Waals surface area contributed by atoms with E-state index < -0.39 is 10.0 Å². The van der Waals surface area contributed by atoms with Gasteiger partial charge in [-0.25, -0.2) is 8.42 Å². The molecular formula is C24H25ClN2O4S. The van der Waals surface area contributed by atoms with Crippen LogP contribution in [0, 0.1) is 5.92 Å². The molecule has 1 amide bonds. The van der Waals surface area contributed by atoms with Crippen LogP contribution in [0.5, 0.6) is 5.75 Å². The number of nitrogens with one attached hydrogen (secondary N) is 1. The largest absolute Gasteiger partial charge is 0.492 e. The number of carbonyl (C=O) groups excluding carboxylic acids is 1. The summed E-state index contributed by atoms with van der Waals surface area (Å²) in [7, 11) is -3.65. The van der Waals surface area contributed by atoms with Crippen LogP contribution in [0.2, 0.25) is 5.02 Å². The molecule has 8 heteroatoms. The maximum atomic E-state index is 12.9. The molecule has 1 aliphatic heterocycles. The van der Waals surface area contributed by atoms with Gasteiger partial charge in [0.25, 0.3) is 0 Å². The summed E-state index contributed by atoms with van der Waals surface area (Å²) in [5, 5.41) is 5.59. The van der Waals surface area contributed by atoms with Crippen molar-refractivity contribution in [2.75, 3.05) is 26.2 Å². The number of nitrogens with zero attached hydrogens (tertiary/aromatic N) is 1. The van der Waals surface area contributed by atoms with E-state index in [1.54, 1.807) is 12.1 Å². The fraction of sp³-hybridized carbons (Fsp3) is 0.292. The zero-order chi connectivity index (χ0) is 22.6. The van der Waals surface area contributed by atoms with Crippen molar-refractivity contribution in [3.63, 3.8) is 0 Å². The first-order valence-corrected chi connectivity index (χ1v) is 12.4. The van der Waals surface area contributed by atoms with Crippen LogP contribution >= 0.6 is 11.6 Å². The Hall–Kier alpha value is -2.61. The van der Waals surface area contributed by atoms with Gasteiger partial charge in [0.15, 0.2) is 0 Å². The molecule has 1 atom stereocenters.